The molecule has 0 saturated carbocycles. The van der Waals surface area contributed by atoms with Gasteiger partial charge in [-0.1, -0.05) is 6.92 Å². The maximum absolute atomic E-state index is 12.3. The molecule has 2 aromatic rings. The molecule has 0 spiro atoms. The SMILES string of the molecule is CC1CCN(CCCNC(=O)c2ccc(S(=O)(=O)NCc3ccco3)cc2)CC1. The smallest absolute Gasteiger partial charge is 0.251 e. The zero-order valence-electron chi connectivity index (χ0n) is 16.8. The molecule has 2 N–H and O–H groups in total. The normalized spacial score (nSPS) is 16.0. The van der Waals surface area contributed by atoms with Crippen LogP contribution in [0.25, 0.3) is 0 Å². The van der Waals surface area contributed by atoms with E-state index in [0.717, 1.165) is 32.0 Å². The number of benzene rings is 1. The van der Waals surface area contributed by atoms with E-state index in [-0.39, 0.29) is 17.3 Å². The molecule has 158 valence electrons. The molecule has 0 radical (unpaired) electrons. The lowest BCUT2D eigenvalue weighted by Gasteiger charge is -2.30. The third-order valence-electron chi connectivity index (χ3n) is 5.26. The monoisotopic (exact) mass is 419 g/mol. The molecule has 1 amide bonds. The van der Waals surface area contributed by atoms with Gasteiger partial charge in [0.2, 0.25) is 10.0 Å². The maximum Gasteiger partial charge on any atom is 0.251 e. The van der Waals surface area contributed by atoms with E-state index in [2.05, 4.69) is 21.9 Å². The fourth-order valence-electron chi connectivity index (χ4n) is 3.34. The van der Waals surface area contributed by atoms with Crippen molar-refractivity contribution < 1.29 is 17.6 Å². The molecule has 1 aliphatic heterocycles. The summed E-state index contributed by atoms with van der Waals surface area (Å²) in [7, 11) is -3.66. The van der Waals surface area contributed by atoms with Gasteiger partial charge in [0.25, 0.3) is 5.91 Å². The van der Waals surface area contributed by atoms with Crippen LogP contribution in [-0.4, -0.2) is 45.4 Å². The van der Waals surface area contributed by atoms with Crippen LogP contribution in [0.2, 0.25) is 0 Å². The van der Waals surface area contributed by atoms with Crippen LogP contribution in [0.15, 0.2) is 52.0 Å². The van der Waals surface area contributed by atoms with E-state index in [1.807, 2.05) is 0 Å². The number of likely N-dealkylation sites (tertiary alicyclic amines) is 1. The van der Waals surface area contributed by atoms with Crippen molar-refractivity contribution in [3.63, 3.8) is 0 Å². The maximum atomic E-state index is 12.3. The van der Waals surface area contributed by atoms with Gasteiger partial charge in [0.1, 0.15) is 5.76 Å². The average molecular weight is 420 g/mol. The molecule has 29 heavy (non-hydrogen) atoms. The molecule has 3 rings (SSSR count). The first-order valence-corrected chi connectivity index (χ1v) is 11.5. The van der Waals surface area contributed by atoms with Gasteiger partial charge in [0.15, 0.2) is 0 Å². The summed E-state index contributed by atoms with van der Waals surface area (Å²) in [5, 5.41) is 2.91. The van der Waals surface area contributed by atoms with Crippen molar-refractivity contribution in [1.29, 1.82) is 0 Å². The molecule has 0 bridgehead atoms. The van der Waals surface area contributed by atoms with Gasteiger partial charge >= 0.3 is 0 Å². The van der Waals surface area contributed by atoms with Crippen molar-refractivity contribution in [3.8, 4) is 0 Å². The first-order chi connectivity index (χ1) is 13.9. The van der Waals surface area contributed by atoms with Crippen LogP contribution in [0.4, 0.5) is 0 Å². The Morgan fingerprint density at radius 1 is 1.17 bits per heavy atom. The second kappa shape index (κ2) is 10.0. The number of hydrogen-bond acceptors (Lipinski definition) is 5. The number of piperidine rings is 1. The number of nitrogens with zero attached hydrogens (tertiary/aromatic N) is 1. The van der Waals surface area contributed by atoms with Crippen molar-refractivity contribution >= 4 is 15.9 Å². The third-order valence-corrected chi connectivity index (χ3v) is 6.67. The second-order valence-corrected chi connectivity index (χ2v) is 9.33. The van der Waals surface area contributed by atoms with Gasteiger partial charge in [-0.05, 0) is 81.2 Å². The summed E-state index contributed by atoms with van der Waals surface area (Å²) in [5.74, 6) is 1.16. The van der Waals surface area contributed by atoms with Gasteiger partial charge in [-0.3, -0.25) is 4.79 Å². The van der Waals surface area contributed by atoms with Gasteiger partial charge in [-0.2, -0.15) is 0 Å². The summed E-state index contributed by atoms with van der Waals surface area (Å²) >= 11 is 0. The molecular weight excluding hydrogens is 390 g/mol. The van der Waals surface area contributed by atoms with Crippen molar-refractivity contribution in [2.24, 2.45) is 5.92 Å². The zero-order chi connectivity index (χ0) is 20.7. The number of furan rings is 1. The summed E-state index contributed by atoms with van der Waals surface area (Å²) in [4.78, 5) is 14.8. The van der Waals surface area contributed by atoms with Crippen LogP contribution in [0.3, 0.4) is 0 Å². The molecule has 0 atom stereocenters. The molecule has 8 heteroatoms. The van der Waals surface area contributed by atoms with Gasteiger partial charge < -0.3 is 14.6 Å². The van der Waals surface area contributed by atoms with Crippen LogP contribution in [0, 0.1) is 5.92 Å². The number of rotatable bonds is 9. The third kappa shape index (κ3) is 6.42. The molecule has 0 unspecified atom stereocenters. The molecule has 1 aliphatic rings. The van der Waals surface area contributed by atoms with E-state index in [1.54, 1.807) is 12.1 Å². The van der Waals surface area contributed by atoms with E-state index in [0.29, 0.717) is 17.9 Å². The van der Waals surface area contributed by atoms with E-state index >= 15 is 0 Å². The Morgan fingerprint density at radius 2 is 1.90 bits per heavy atom. The highest BCUT2D eigenvalue weighted by molar-refractivity contribution is 7.89. The summed E-state index contributed by atoms with van der Waals surface area (Å²) in [6.45, 7) is 6.25. The number of amides is 1. The lowest BCUT2D eigenvalue weighted by molar-refractivity contribution is 0.0950. The molecule has 1 aromatic heterocycles. The highest BCUT2D eigenvalue weighted by Gasteiger charge is 2.16. The van der Waals surface area contributed by atoms with E-state index in [4.69, 9.17) is 4.42 Å². The minimum absolute atomic E-state index is 0.0769. The Kier molecular flexibility index (Phi) is 7.46. The average Bonchev–Trinajstić information content (AvgIpc) is 3.25. The van der Waals surface area contributed by atoms with E-state index in [1.165, 1.54) is 43.4 Å². The standard InChI is InChI=1S/C21H29N3O4S/c1-17-9-13-24(14-10-17)12-3-11-22-21(25)18-5-7-20(8-6-18)29(26,27)23-16-19-4-2-15-28-19/h2,4-8,15,17,23H,3,9-14,16H2,1H3,(H,22,25). The van der Waals surface area contributed by atoms with E-state index in [9.17, 15) is 13.2 Å². The zero-order valence-corrected chi connectivity index (χ0v) is 17.6. The van der Waals surface area contributed by atoms with Gasteiger partial charge in [0, 0.05) is 12.1 Å². The first kappa shape index (κ1) is 21.5. The van der Waals surface area contributed by atoms with Crippen molar-refractivity contribution in [3.05, 3.63) is 54.0 Å². The number of nitrogens with one attached hydrogen (secondary N) is 2. The fourth-order valence-corrected chi connectivity index (χ4v) is 4.33. The van der Waals surface area contributed by atoms with Crippen LogP contribution in [0.1, 0.15) is 42.3 Å². The minimum Gasteiger partial charge on any atom is -0.468 e. The van der Waals surface area contributed by atoms with Crippen LogP contribution < -0.4 is 10.0 Å². The minimum atomic E-state index is -3.66. The predicted octanol–water partition coefficient (Wildman–Crippen LogP) is 2.61. The molecule has 1 fully saturated rings. The summed E-state index contributed by atoms with van der Waals surface area (Å²) < 4.78 is 32.3. The van der Waals surface area contributed by atoms with Crippen molar-refractivity contribution in [2.75, 3.05) is 26.2 Å². The summed E-state index contributed by atoms with van der Waals surface area (Å²) in [5.41, 5.74) is 0.446. The quantitative estimate of drug-likeness (QED) is 0.610. The van der Waals surface area contributed by atoms with Crippen LogP contribution in [0.5, 0.6) is 0 Å². The molecular formula is C21H29N3O4S. The number of hydrogen-bond donors (Lipinski definition) is 2. The lowest BCUT2D eigenvalue weighted by Crippen LogP contribution is -2.35. The second-order valence-electron chi connectivity index (χ2n) is 7.56. The van der Waals surface area contributed by atoms with Gasteiger partial charge in [0.05, 0.1) is 17.7 Å². The summed E-state index contributed by atoms with van der Waals surface area (Å²) in [6, 6.07) is 9.33. The fraction of sp³-hybridized carbons (Fsp3) is 0.476. The van der Waals surface area contributed by atoms with Crippen molar-refractivity contribution in [1.82, 2.24) is 14.9 Å². The van der Waals surface area contributed by atoms with E-state index < -0.39 is 10.0 Å². The highest BCUT2D eigenvalue weighted by atomic mass is 32.2. The largest absolute Gasteiger partial charge is 0.468 e. The Morgan fingerprint density at radius 3 is 2.55 bits per heavy atom. The molecule has 1 aromatic carbocycles. The molecule has 0 aliphatic carbocycles. The molecule has 7 nitrogen and oxygen atoms in total. The lowest BCUT2D eigenvalue weighted by atomic mass is 9.99. The number of carbonyl (C=O) groups is 1. The van der Waals surface area contributed by atoms with Gasteiger partial charge in [-0.15, -0.1) is 0 Å². The van der Waals surface area contributed by atoms with Crippen LogP contribution in [-0.2, 0) is 16.6 Å². The Labute approximate surface area is 172 Å². The predicted molar refractivity (Wildman–Crippen MR) is 111 cm³/mol. The summed E-state index contributed by atoms with van der Waals surface area (Å²) in [6.07, 6.45) is 4.89. The topological polar surface area (TPSA) is 91.7 Å². The Hall–Kier alpha value is -2.16. The molecule has 2 heterocycles. The highest BCUT2D eigenvalue weighted by Crippen LogP contribution is 2.16. The Balaban J connectivity index is 1.43. The van der Waals surface area contributed by atoms with Gasteiger partial charge in [-0.25, -0.2) is 13.1 Å². The van der Waals surface area contributed by atoms with Crippen LogP contribution >= 0.6 is 0 Å². The Bertz CT molecular complexity index is 871. The number of sulfonamides is 1. The first-order valence-electron chi connectivity index (χ1n) is 10.1. The molecule has 1 saturated heterocycles. The van der Waals surface area contributed by atoms with Crippen molar-refractivity contribution in [2.45, 2.75) is 37.6 Å². The number of carbonyl (C=O) groups excluding carboxylic acids is 1.